The third-order valence-electron chi connectivity index (χ3n) is 5.08. The van der Waals surface area contributed by atoms with Crippen LogP contribution in [0.5, 0.6) is 0 Å². The smallest absolute Gasteiger partial charge is 0.253 e. The van der Waals surface area contributed by atoms with Gasteiger partial charge in [0, 0.05) is 38.2 Å². The summed E-state index contributed by atoms with van der Waals surface area (Å²) in [6.45, 7) is 1.45. The fourth-order valence-corrected chi connectivity index (χ4v) is 4.90. The molecule has 9 heteroatoms. The van der Waals surface area contributed by atoms with Crippen LogP contribution < -0.4 is 5.32 Å². The van der Waals surface area contributed by atoms with Crippen LogP contribution in [-0.4, -0.2) is 46.5 Å². The number of carbonyl (C=O) groups excluding carboxylic acids is 1. The van der Waals surface area contributed by atoms with Crippen LogP contribution in [-0.2, 0) is 16.6 Å². The van der Waals surface area contributed by atoms with Crippen molar-refractivity contribution in [3.05, 3.63) is 72.2 Å². The van der Waals surface area contributed by atoms with E-state index in [2.05, 4.69) is 15.4 Å². The Morgan fingerprint density at radius 1 is 1.03 bits per heavy atom. The fraction of sp³-hybridized carbons (Fsp3) is 0.286. The van der Waals surface area contributed by atoms with Gasteiger partial charge in [0.1, 0.15) is 0 Å². The van der Waals surface area contributed by atoms with E-state index in [1.165, 1.54) is 6.20 Å². The van der Waals surface area contributed by atoms with E-state index >= 15 is 0 Å². The number of hydrogen-bond acceptors (Lipinski definition) is 5. The van der Waals surface area contributed by atoms with Gasteiger partial charge in [-0.25, -0.2) is 18.1 Å². The van der Waals surface area contributed by atoms with Crippen LogP contribution in [0.2, 0.25) is 0 Å². The molecule has 4 rings (SSSR count). The van der Waals surface area contributed by atoms with Gasteiger partial charge in [0.2, 0.25) is 10.0 Å². The number of aromatic nitrogens is 3. The first-order valence-electron chi connectivity index (χ1n) is 9.87. The normalized spacial score (nSPS) is 15.1. The second-order valence-electron chi connectivity index (χ2n) is 7.15. The van der Waals surface area contributed by atoms with Crippen molar-refractivity contribution in [3.8, 4) is 5.82 Å². The second-order valence-corrected chi connectivity index (χ2v) is 9.09. The molecule has 1 N–H and O–H groups in total. The quantitative estimate of drug-likeness (QED) is 0.654. The van der Waals surface area contributed by atoms with E-state index in [1.54, 1.807) is 63.8 Å². The lowest BCUT2D eigenvalue weighted by molar-refractivity contribution is 0.0950. The Labute approximate surface area is 175 Å². The summed E-state index contributed by atoms with van der Waals surface area (Å²) in [4.78, 5) is 16.9. The van der Waals surface area contributed by atoms with E-state index in [-0.39, 0.29) is 10.8 Å². The highest BCUT2D eigenvalue weighted by Gasteiger charge is 2.25. The molecule has 0 saturated carbocycles. The van der Waals surface area contributed by atoms with Crippen molar-refractivity contribution in [2.45, 2.75) is 30.7 Å². The number of rotatable bonds is 6. The third-order valence-corrected chi connectivity index (χ3v) is 6.99. The van der Waals surface area contributed by atoms with Crippen LogP contribution >= 0.6 is 0 Å². The van der Waals surface area contributed by atoms with Gasteiger partial charge < -0.3 is 5.32 Å². The van der Waals surface area contributed by atoms with Gasteiger partial charge in [0.05, 0.1) is 10.5 Å². The van der Waals surface area contributed by atoms with Crippen LogP contribution in [0.1, 0.15) is 35.2 Å². The van der Waals surface area contributed by atoms with E-state index in [9.17, 15) is 13.2 Å². The number of amides is 1. The van der Waals surface area contributed by atoms with Crippen LogP contribution in [0.25, 0.3) is 5.82 Å². The maximum absolute atomic E-state index is 12.7. The van der Waals surface area contributed by atoms with Gasteiger partial charge in [-0.2, -0.15) is 9.40 Å². The van der Waals surface area contributed by atoms with Crippen molar-refractivity contribution in [3.63, 3.8) is 0 Å². The zero-order valence-electron chi connectivity index (χ0n) is 16.4. The highest BCUT2D eigenvalue weighted by molar-refractivity contribution is 7.89. The molecule has 0 radical (unpaired) electrons. The van der Waals surface area contributed by atoms with Crippen LogP contribution in [0.3, 0.4) is 0 Å². The lowest BCUT2D eigenvalue weighted by Gasteiger charge is -2.25. The van der Waals surface area contributed by atoms with Gasteiger partial charge >= 0.3 is 0 Å². The molecule has 0 bridgehead atoms. The molecule has 0 aliphatic carbocycles. The Balaban J connectivity index is 1.36. The summed E-state index contributed by atoms with van der Waals surface area (Å²) in [7, 11) is -3.45. The summed E-state index contributed by atoms with van der Waals surface area (Å²) >= 11 is 0. The monoisotopic (exact) mass is 425 g/mol. The molecular weight excluding hydrogens is 402 g/mol. The first-order chi connectivity index (χ1) is 14.5. The predicted molar refractivity (Wildman–Crippen MR) is 112 cm³/mol. The van der Waals surface area contributed by atoms with Crippen molar-refractivity contribution in [2.75, 3.05) is 13.1 Å². The number of benzene rings is 1. The molecule has 3 heterocycles. The van der Waals surface area contributed by atoms with Crippen molar-refractivity contribution in [1.82, 2.24) is 24.4 Å². The Bertz CT molecular complexity index is 1090. The standard InChI is InChI=1S/C21H23N5O3S/c27-21(18-7-10-20(22-16-18)26-14-4-11-24-26)23-15-17-5-8-19(9-6-17)30(28,29)25-12-2-1-3-13-25/h4-11,14,16H,1-3,12-13,15H2,(H,23,27). The minimum absolute atomic E-state index is 0.250. The summed E-state index contributed by atoms with van der Waals surface area (Å²) < 4.78 is 28.6. The zero-order valence-corrected chi connectivity index (χ0v) is 17.3. The lowest BCUT2D eigenvalue weighted by Crippen LogP contribution is -2.35. The highest BCUT2D eigenvalue weighted by Crippen LogP contribution is 2.20. The molecule has 1 aliphatic heterocycles. The van der Waals surface area contributed by atoms with Gasteiger partial charge in [-0.1, -0.05) is 18.6 Å². The van der Waals surface area contributed by atoms with Gasteiger partial charge in [0.25, 0.3) is 5.91 Å². The average Bonchev–Trinajstić information content (AvgIpc) is 3.33. The van der Waals surface area contributed by atoms with Crippen LogP contribution in [0.15, 0.2) is 66.0 Å². The van der Waals surface area contributed by atoms with E-state index in [0.717, 1.165) is 24.8 Å². The molecule has 8 nitrogen and oxygen atoms in total. The number of carbonyl (C=O) groups is 1. The van der Waals surface area contributed by atoms with Gasteiger partial charge in [-0.05, 0) is 48.7 Å². The molecule has 30 heavy (non-hydrogen) atoms. The zero-order chi connectivity index (χ0) is 21.0. The van der Waals surface area contributed by atoms with Crippen LogP contribution in [0.4, 0.5) is 0 Å². The Morgan fingerprint density at radius 2 is 1.80 bits per heavy atom. The second kappa shape index (κ2) is 8.76. The SMILES string of the molecule is O=C(NCc1ccc(S(=O)(=O)N2CCCCC2)cc1)c1ccc(-n2cccn2)nc1. The number of hydrogen-bond donors (Lipinski definition) is 1. The number of piperidine rings is 1. The molecule has 0 unspecified atom stereocenters. The molecule has 1 aromatic carbocycles. The lowest BCUT2D eigenvalue weighted by atomic mass is 10.2. The number of nitrogens with one attached hydrogen (secondary N) is 1. The van der Waals surface area contributed by atoms with E-state index in [4.69, 9.17) is 0 Å². The summed E-state index contributed by atoms with van der Waals surface area (Å²) in [6, 6.07) is 11.9. The molecule has 1 amide bonds. The first kappa shape index (κ1) is 20.2. The van der Waals surface area contributed by atoms with Gasteiger partial charge in [-0.15, -0.1) is 0 Å². The summed E-state index contributed by atoms with van der Waals surface area (Å²) in [5, 5.41) is 6.93. The Kier molecular flexibility index (Phi) is 5.91. The molecular formula is C21H23N5O3S. The molecule has 1 saturated heterocycles. The Hall–Kier alpha value is -3.04. The molecule has 0 spiro atoms. The summed E-state index contributed by atoms with van der Waals surface area (Å²) in [5.41, 5.74) is 1.26. The molecule has 2 aromatic heterocycles. The largest absolute Gasteiger partial charge is 0.348 e. The topological polar surface area (TPSA) is 97.2 Å². The maximum atomic E-state index is 12.7. The molecule has 3 aromatic rings. The number of sulfonamides is 1. The van der Waals surface area contributed by atoms with E-state index in [1.807, 2.05) is 0 Å². The van der Waals surface area contributed by atoms with Gasteiger partial charge in [-0.3, -0.25) is 4.79 Å². The van der Waals surface area contributed by atoms with Crippen molar-refractivity contribution in [2.24, 2.45) is 0 Å². The molecule has 1 aliphatic rings. The number of nitrogens with zero attached hydrogens (tertiary/aromatic N) is 4. The fourth-order valence-electron chi connectivity index (χ4n) is 3.38. The van der Waals surface area contributed by atoms with Crippen molar-refractivity contribution in [1.29, 1.82) is 0 Å². The molecule has 1 fully saturated rings. The minimum Gasteiger partial charge on any atom is -0.348 e. The minimum atomic E-state index is -3.45. The van der Waals surface area contributed by atoms with Gasteiger partial charge in [0.15, 0.2) is 5.82 Å². The first-order valence-corrected chi connectivity index (χ1v) is 11.3. The van der Waals surface area contributed by atoms with Crippen LogP contribution in [0, 0.1) is 0 Å². The van der Waals surface area contributed by atoms with Crippen molar-refractivity contribution < 1.29 is 13.2 Å². The molecule has 156 valence electrons. The third kappa shape index (κ3) is 4.42. The van der Waals surface area contributed by atoms with Crippen molar-refractivity contribution >= 4 is 15.9 Å². The van der Waals surface area contributed by atoms with E-state index in [0.29, 0.717) is 31.0 Å². The summed E-state index contributed by atoms with van der Waals surface area (Å²) in [5.74, 6) is 0.376. The maximum Gasteiger partial charge on any atom is 0.253 e. The highest BCUT2D eigenvalue weighted by atomic mass is 32.2. The summed E-state index contributed by atoms with van der Waals surface area (Å²) in [6.07, 6.45) is 7.82. The molecule has 0 atom stereocenters. The number of pyridine rings is 1. The average molecular weight is 426 g/mol. The predicted octanol–water partition coefficient (Wildman–Crippen LogP) is 2.37. The Morgan fingerprint density at radius 3 is 2.43 bits per heavy atom. The van der Waals surface area contributed by atoms with E-state index < -0.39 is 10.0 Å².